The number of urea groups is 1. The zero-order chi connectivity index (χ0) is 24.1. The van der Waals surface area contributed by atoms with Gasteiger partial charge in [-0.05, 0) is 50.1 Å². The molecule has 178 valence electrons. The first kappa shape index (κ1) is 23.4. The van der Waals surface area contributed by atoms with Crippen LogP contribution in [0.2, 0.25) is 5.02 Å². The molecule has 4 rings (SSSR count). The van der Waals surface area contributed by atoms with Gasteiger partial charge in [-0.15, -0.1) is 0 Å². The Hall–Kier alpha value is -3.72. The van der Waals surface area contributed by atoms with Crippen molar-refractivity contribution in [3.8, 4) is 11.5 Å². The fourth-order valence-corrected chi connectivity index (χ4v) is 3.99. The summed E-state index contributed by atoms with van der Waals surface area (Å²) in [6.07, 6.45) is 2.37. The molecule has 1 aliphatic heterocycles. The molecule has 0 radical (unpaired) electrons. The molecular weight excluding hydrogens is 456 g/mol. The van der Waals surface area contributed by atoms with Crippen LogP contribution in [0.15, 0.2) is 42.5 Å². The molecule has 3 N–H and O–H groups in total. The molecular formula is C24H27ClN6O3. The normalized spacial score (nSPS) is 12.9. The standard InChI is InChI=1S/C24H27ClN6O3/c1-15-26-22(14-23(27-15)31-10-4-5-11-31)28-16-6-8-17(9-7-16)29-24(32)30-19-12-18(25)20(33-2)13-21(19)34-3/h6-9,12-14H,4-5,10-11H2,1-3H3,(H,26,27,28)(H2,29,30,32). The van der Waals surface area contributed by atoms with Crippen molar-refractivity contribution >= 4 is 46.3 Å². The zero-order valence-corrected chi connectivity index (χ0v) is 20.1. The molecule has 0 saturated carbocycles. The number of methoxy groups -OCH3 is 2. The van der Waals surface area contributed by atoms with Crippen molar-refractivity contribution in [3.63, 3.8) is 0 Å². The highest BCUT2D eigenvalue weighted by atomic mass is 35.5. The molecule has 0 bridgehead atoms. The number of hydrogen-bond donors (Lipinski definition) is 3. The molecule has 1 saturated heterocycles. The number of carbonyl (C=O) groups excluding carboxylic acids is 1. The van der Waals surface area contributed by atoms with Crippen LogP contribution < -0.4 is 30.3 Å². The largest absolute Gasteiger partial charge is 0.495 e. The van der Waals surface area contributed by atoms with Crippen molar-refractivity contribution in [2.24, 2.45) is 0 Å². The molecule has 2 amide bonds. The first-order valence-electron chi connectivity index (χ1n) is 10.9. The Bertz CT molecular complexity index is 1170. The lowest BCUT2D eigenvalue weighted by atomic mass is 10.2. The second kappa shape index (κ2) is 10.5. The summed E-state index contributed by atoms with van der Waals surface area (Å²) in [5.41, 5.74) is 1.90. The summed E-state index contributed by atoms with van der Waals surface area (Å²) < 4.78 is 10.5. The number of anilines is 5. The third kappa shape index (κ3) is 5.60. The molecule has 0 aliphatic carbocycles. The summed E-state index contributed by atoms with van der Waals surface area (Å²) in [5, 5.41) is 9.21. The van der Waals surface area contributed by atoms with Gasteiger partial charge in [0.1, 0.15) is 29.0 Å². The van der Waals surface area contributed by atoms with Gasteiger partial charge >= 0.3 is 6.03 Å². The van der Waals surface area contributed by atoms with Crippen molar-refractivity contribution in [2.75, 3.05) is 48.2 Å². The molecule has 3 aromatic rings. The summed E-state index contributed by atoms with van der Waals surface area (Å²) in [5.74, 6) is 3.28. The highest BCUT2D eigenvalue weighted by molar-refractivity contribution is 6.32. The van der Waals surface area contributed by atoms with E-state index >= 15 is 0 Å². The smallest absolute Gasteiger partial charge is 0.323 e. The van der Waals surface area contributed by atoms with E-state index in [-0.39, 0.29) is 0 Å². The van der Waals surface area contributed by atoms with Crippen molar-refractivity contribution in [3.05, 3.63) is 53.3 Å². The predicted octanol–water partition coefficient (Wildman–Crippen LogP) is 5.44. The summed E-state index contributed by atoms with van der Waals surface area (Å²) in [6.45, 7) is 3.93. The van der Waals surface area contributed by atoms with E-state index in [0.717, 1.165) is 36.2 Å². The van der Waals surface area contributed by atoms with E-state index in [1.807, 2.05) is 25.1 Å². The number of benzene rings is 2. The van der Waals surface area contributed by atoms with Crippen LogP contribution in [0, 0.1) is 6.92 Å². The monoisotopic (exact) mass is 482 g/mol. The van der Waals surface area contributed by atoms with Gasteiger partial charge in [0.15, 0.2) is 0 Å². The van der Waals surface area contributed by atoms with E-state index in [4.69, 9.17) is 21.1 Å². The SMILES string of the molecule is COc1cc(OC)c(NC(=O)Nc2ccc(Nc3cc(N4CCCC4)nc(C)n3)cc2)cc1Cl. The minimum Gasteiger partial charge on any atom is -0.495 e. The van der Waals surface area contributed by atoms with Crippen LogP contribution in [-0.4, -0.2) is 43.3 Å². The van der Waals surface area contributed by atoms with Crippen LogP contribution in [0.5, 0.6) is 11.5 Å². The fraction of sp³-hybridized carbons (Fsp3) is 0.292. The maximum absolute atomic E-state index is 12.5. The molecule has 1 aliphatic rings. The number of hydrogen-bond acceptors (Lipinski definition) is 7. The molecule has 0 spiro atoms. The number of amides is 2. The van der Waals surface area contributed by atoms with Crippen molar-refractivity contribution in [2.45, 2.75) is 19.8 Å². The van der Waals surface area contributed by atoms with E-state index < -0.39 is 6.03 Å². The Morgan fingerprint density at radius 1 is 0.941 bits per heavy atom. The third-order valence-corrected chi connectivity index (χ3v) is 5.69. The first-order valence-corrected chi connectivity index (χ1v) is 11.3. The lowest BCUT2D eigenvalue weighted by Crippen LogP contribution is -2.20. The molecule has 0 atom stereocenters. The average molecular weight is 483 g/mol. The van der Waals surface area contributed by atoms with Crippen LogP contribution in [0.4, 0.5) is 33.5 Å². The Balaban J connectivity index is 1.40. The maximum atomic E-state index is 12.5. The van der Waals surface area contributed by atoms with Gasteiger partial charge in [0, 0.05) is 36.6 Å². The van der Waals surface area contributed by atoms with Crippen molar-refractivity contribution in [1.29, 1.82) is 0 Å². The van der Waals surface area contributed by atoms with Gasteiger partial charge < -0.3 is 30.3 Å². The predicted molar refractivity (Wildman–Crippen MR) is 135 cm³/mol. The fourth-order valence-electron chi connectivity index (χ4n) is 3.75. The van der Waals surface area contributed by atoms with Gasteiger partial charge in [0.25, 0.3) is 0 Å². The van der Waals surface area contributed by atoms with Gasteiger partial charge in [-0.1, -0.05) is 11.6 Å². The molecule has 9 nitrogen and oxygen atoms in total. The Morgan fingerprint density at radius 3 is 2.29 bits per heavy atom. The minimum absolute atomic E-state index is 0.363. The Morgan fingerprint density at radius 2 is 1.62 bits per heavy atom. The molecule has 0 unspecified atom stereocenters. The van der Waals surface area contributed by atoms with Crippen LogP contribution in [0.25, 0.3) is 0 Å². The number of nitrogens with one attached hydrogen (secondary N) is 3. The second-order valence-corrected chi connectivity index (χ2v) is 8.23. The van der Waals surface area contributed by atoms with Gasteiger partial charge in [0.05, 0.1) is 24.9 Å². The Labute approximate surface area is 203 Å². The minimum atomic E-state index is -0.429. The van der Waals surface area contributed by atoms with Crippen molar-refractivity contribution < 1.29 is 14.3 Å². The second-order valence-electron chi connectivity index (χ2n) is 7.82. The van der Waals surface area contributed by atoms with Crippen LogP contribution in [-0.2, 0) is 0 Å². The summed E-state index contributed by atoms with van der Waals surface area (Å²) >= 11 is 6.17. The van der Waals surface area contributed by atoms with E-state index in [1.165, 1.54) is 27.1 Å². The summed E-state index contributed by atoms with van der Waals surface area (Å²) in [7, 11) is 3.02. The lowest BCUT2D eigenvalue weighted by Gasteiger charge is -2.18. The van der Waals surface area contributed by atoms with E-state index in [9.17, 15) is 4.79 Å². The van der Waals surface area contributed by atoms with Crippen LogP contribution >= 0.6 is 11.6 Å². The van der Waals surface area contributed by atoms with Gasteiger partial charge in [-0.3, -0.25) is 0 Å². The topological polar surface area (TPSA) is 101 Å². The molecule has 1 aromatic heterocycles. The van der Waals surface area contributed by atoms with Crippen LogP contribution in [0.3, 0.4) is 0 Å². The number of carbonyl (C=O) groups is 1. The van der Waals surface area contributed by atoms with E-state index in [1.54, 1.807) is 24.3 Å². The van der Waals surface area contributed by atoms with Gasteiger partial charge in [0.2, 0.25) is 0 Å². The zero-order valence-electron chi connectivity index (χ0n) is 19.3. The number of nitrogens with zero attached hydrogens (tertiary/aromatic N) is 3. The number of halogens is 1. The van der Waals surface area contributed by atoms with Gasteiger partial charge in [-0.25, -0.2) is 14.8 Å². The lowest BCUT2D eigenvalue weighted by molar-refractivity contribution is 0.262. The average Bonchev–Trinajstić information content (AvgIpc) is 3.35. The summed E-state index contributed by atoms with van der Waals surface area (Å²) in [4.78, 5) is 23.8. The van der Waals surface area contributed by atoms with E-state index in [2.05, 4.69) is 30.8 Å². The number of aromatic nitrogens is 2. The quantitative estimate of drug-likeness (QED) is 0.412. The number of aryl methyl sites for hydroxylation is 1. The number of rotatable bonds is 7. The van der Waals surface area contributed by atoms with Gasteiger partial charge in [-0.2, -0.15) is 0 Å². The molecule has 1 fully saturated rings. The van der Waals surface area contributed by atoms with Crippen molar-refractivity contribution in [1.82, 2.24) is 9.97 Å². The molecule has 34 heavy (non-hydrogen) atoms. The molecule has 10 heteroatoms. The summed E-state index contributed by atoms with van der Waals surface area (Å²) in [6, 6.07) is 12.1. The molecule has 2 aromatic carbocycles. The third-order valence-electron chi connectivity index (χ3n) is 5.39. The van der Waals surface area contributed by atoms with E-state index in [0.29, 0.717) is 27.9 Å². The number of ether oxygens (including phenoxy) is 2. The Kier molecular flexibility index (Phi) is 7.22. The highest BCUT2D eigenvalue weighted by Gasteiger charge is 2.15. The first-order chi connectivity index (χ1) is 16.4. The highest BCUT2D eigenvalue weighted by Crippen LogP contribution is 2.36. The molecule has 2 heterocycles. The maximum Gasteiger partial charge on any atom is 0.323 e. The van der Waals surface area contributed by atoms with Crippen LogP contribution in [0.1, 0.15) is 18.7 Å².